The topological polar surface area (TPSA) is 165 Å². The number of nitrogens with zero attached hydrogens (tertiary/aromatic N) is 4. The van der Waals surface area contributed by atoms with Gasteiger partial charge in [-0.25, -0.2) is 14.4 Å². The Morgan fingerprint density at radius 2 is 1.91 bits per heavy atom. The number of rotatable bonds is 8. The fourth-order valence-corrected chi connectivity index (χ4v) is 5.03. The lowest BCUT2D eigenvalue weighted by atomic mass is 9.82. The van der Waals surface area contributed by atoms with Crippen LogP contribution in [0.1, 0.15) is 35.5 Å². The number of aliphatic hydroxyl groups is 1. The molecule has 44 heavy (non-hydrogen) atoms. The number of nitrogens with one attached hydrogen (secondary N) is 2. The Balaban J connectivity index is 1.32. The van der Waals surface area contributed by atoms with Crippen molar-refractivity contribution in [1.29, 1.82) is 0 Å². The Morgan fingerprint density at radius 1 is 1.11 bits per heavy atom. The molecule has 0 aliphatic carbocycles. The lowest BCUT2D eigenvalue weighted by Gasteiger charge is -2.26. The number of ether oxygens (including phenoxy) is 1. The third-order valence-corrected chi connectivity index (χ3v) is 7.67. The van der Waals surface area contributed by atoms with Gasteiger partial charge in [0.05, 0.1) is 29.6 Å². The first kappa shape index (κ1) is 28.6. The minimum atomic E-state index is -1.69. The standard InChI is InChI=1S/C32H28FN7O4/c1-31(30(34)42)17-44-28-22(31)14-24(40-27(28)18-5-7-21(33)8-6-18)32(2,43)16-38-29(41)20-12-19-4-3-9-37-26(19)23(13-20)39-25-15-35-10-11-36-25/h3-15,43H,16-17H2,1-2H3,(H2,34,42)(H,36,39)(H,38,41)/t31-,32-/m0/s1. The van der Waals surface area contributed by atoms with Crippen LogP contribution in [0.3, 0.4) is 0 Å². The van der Waals surface area contributed by atoms with E-state index in [1.54, 1.807) is 56.0 Å². The average Bonchev–Trinajstić information content (AvgIpc) is 3.38. The van der Waals surface area contributed by atoms with Crippen LogP contribution in [0.15, 0.2) is 79.4 Å². The summed E-state index contributed by atoms with van der Waals surface area (Å²) in [5.41, 5.74) is 5.82. The molecule has 0 spiro atoms. The lowest BCUT2D eigenvalue weighted by molar-refractivity contribution is -0.123. The minimum absolute atomic E-state index is 0.0162. The quantitative estimate of drug-likeness (QED) is 0.210. The molecule has 5 N–H and O–H groups in total. The van der Waals surface area contributed by atoms with Gasteiger partial charge in [-0.1, -0.05) is 6.07 Å². The van der Waals surface area contributed by atoms with Crippen molar-refractivity contribution in [2.45, 2.75) is 24.9 Å². The maximum absolute atomic E-state index is 13.7. The van der Waals surface area contributed by atoms with Crippen molar-refractivity contribution in [3.63, 3.8) is 0 Å². The van der Waals surface area contributed by atoms with E-state index in [1.165, 1.54) is 31.2 Å². The van der Waals surface area contributed by atoms with Gasteiger partial charge in [0, 0.05) is 40.7 Å². The van der Waals surface area contributed by atoms with Crippen molar-refractivity contribution in [2.24, 2.45) is 5.73 Å². The summed E-state index contributed by atoms with van der Waals surface area (Å²) >= 11 is 0. The SMILES string of the molecule is C[C@](O)(CNC(=O)c1cc(Nc2cnccn2)c2ncccc2c1)c1cc2c(c(-c3ccc(F)cc3)n1)OC[C@]2(C)C(N)=O. The Bertz CT molecular complexity index is 1900. The number of pyridine rings is 2. The number of hydrogen-bond acceptors (Lipinski definition) is 9. The summed E-state index contributed by atoms with van der Waals surface area (Å²) in [6.45, 7) is 2.90. The molecule has 0 radical (unpaired) electrons. The molecule has 0 bridgehead atoms. The van der Waals surface area contributed by atoms with E-state index >= 15 is 0 Å². The van der Waals surface area contributed by atoms with Crippen LogP contribution < -0.4 is 21.1 Å². The van der Waals surface area contributed by atoms with E-state index in [1.807, 2.05) is 6.07 Å². The number of anilines is 2. The zero-order chi connectivity index (χ0) is 31.1. The van der Waals surface area contributed by atoms with Gasteiger partial charge >= 0.3 is 0 Å². The lowest BCUT2D eigenvalue weighted by Crippen LogP contribution is -2.41. The van der Waals surface area contributed by atoms with Crippen LogP contribution in [-0.4, -0.2) is 50.0 Å². The predicted octanol–water partition coefficient (Wildman–Crippen LogP) is 3.74. The molecule has 6 rings (SSSR count). The third kappa shape index (κ3) is 5.26. The van der Waals surface area contributed by atoms with Crippen molar-refractivity contribution in [2.75, 3.05) is 18.5 Å². The van der Waals surface area contributed by atoms with Crippen molar-refractivity contribution < 1.29 is 23.8 Å². The second kappa shape index (κ2) is 11.0. The van der Waals surface area contributed by atoms with Crippen LogP contribution in [0.4, 0.5) is 15.9 Å². The van der Waals surface area contributed by atoms with Crippen LogP contribution in [0.5, 0.6) is 5.75 Å². The average molecular weight is 594 g/mol. The molecule has 5 aromatic rings. The van der Waals surface area contributed by atoms with E-state index in [2.05, 4.69) is 30.6 Å². The van der Waals surface area contributed by atoms with E-state index in [4.69, 9.17) is 10.5 Å². The molecule has 3 aromatic heterocycles. The maximum atomic E-state index is 13.7. The van der Waals surface area contributed by atoms with Gasteiger partial charge in [0.15, 0.2) is 0 Å². The van der Waals surface area contributed by atoms with E-state index in [-0.39, 0.29) is 18.8 Å². The number of nitrogens with two attached hydrogens (primary N) is 1. The molecule has 1 aliphatic rings. The number of carbonyl (C=O) groups excluding carboxylic acids is 2. The Labute approximate surface area is 251 Å². The molecule has 222 valence electrons. The van der Waals surface area contributed by atoms with E-state index in [0.29, 0.717) is 50.5 Å². The van der Waals surface area contributed by atoms with Gasteiger partial charge in [0.25, 0.3) is 5.91 Å². The maximum Gasteiger partial charge on any atom is 0.251 e. The first-order chi connectivity index (χ1) is 21.0. The van der Waals surface area contributed by atoms with Gasteiger partial charge < -0.3 is 26.2 Å². The van der Waals surface area contributed by atoms with Crippen LogP contribution in [-0.2, 0) is 15.8 Å². The van der Waals surface area contributed by atoms with Crippen molar-refractivity contribution in [3.8, 4) is 17.0 Å². The number of aromatic nitrogens is 4. The first-order valence-electron chi connectivity index (χ1n) is 13.7. The molecular weight excluding hydrogens is 565 g/mol. The van der Waals surface area contributed by atoms with Gasteiger partial charge in [-0.05, 0) is 62.4 Å². The highest BCUT2D eigenvalue weighted by molar-refractivity contribution is 6.02. The van der Waals surface area contributed by atoms with E-state index < -0.39 is 28.6 Å². The van der Waals surface area contributed by atoms with Gasteiger partial charge in [-0.2, -0.15) is 0 Å². The largest absolute Gasteiger partial charge is 0.489 e. The van der Waals surface area contributed by atoms with Gasteiger partial charge in [0.1, 0.15) is 40.7 Å². The van der Waals surface area contributed by atoms with Crippen LogP contribution >= 0.6 is 0 Å². The fourth-order valence-electron chi connectivity index (χ4n) is 5.03. The van der Waals surface area contributed by atoms with Crippen molar-refractivity contribution >= 4 is 34.2 Å². The van der Waals surface area contributed by atoms with Gasteiger partial charge in [-0.3, -0.25) is 19.6 Å². The predicted molar refractivity (Wildman–Crippen MR) is 161 cm³/mol. The Hall–Kier alpha value is -5.49. The smallest absolute Gasteiger partial charge is 0.251 e. The molecule has 0 unspecified atom stereocenters. The summed E-state index contributed by atoms with van der Waals surface area (Å²) in [5.74, 6) is -0.689. The summed E-state index contributed by atoms with van der Waals surface area (Å²) in [6.07, 6.45) is 6.30. The molecule has 0 saturated carbocycles. The second-order valence-electron chi connectivity index (χ2n) is 11.0. The zero-order valence-corrected chi connectivity index (χ0v) is 23.8. The fraction of sp³-hybridized carbons (Fsp3) is 0.188. The van der Waals surface area contributed by atoms with Gasteiger partial charge in [-0.15, -0.1) is 0 Å². The molecule has 0 saturated heterocycles. The molecule has 1 aliphatic heterocycles. The van der Waals surface area contributed by atoms with E-state index in [9.17, 15) is 19.1 Å². The number of hydrogen-bond donors (Lipinski definition) is 4. The summed E-state index contributed by atoms with van der Waals surface area (Å²) in [5, 5.41) is 18.3. The molecule has 0 fully saturated rings. The number of primary amides is 1. The molecule has 12 heteroatoms. The second-order valence-corrected chi connectivity index (χ2v) is 11.0. The van der Waals surface area contributed by atoms with Crippen molar-refractivity contribution in [1.82, 2.24) is 25.3 Å². The Morgan fingerprint density at radius 3 is 2.64 bits per heavy atom. The normalized spacial score (nSPS) is 16.9. The van der Waals surface area contributed by atoms with Crippen LogP contribution in [0.2, 0.25) is 0 Å². The molecule has 11 nitrogen and oxygen atoms in total. The highest BCUT2D eigenvalue weighted by Gasteiger charge is 2.45. The summed E-state index contributed by atoms with van der Waals surface area (Å²) in [6, 6.07) is 14.1. The van der Waals surface area contributed by atoms with Gasteiger partial charge in [0.2, 0.25) is 5.91 Å². The zero-order valence-electron chi connectivity index (χ0n) is 23.8. The van der Waals surface area contributed by atoms with Crippen molar-refractivity contribution in [3.05, 3.63) is 102 Å². The molecule has 2 atom stereocenters. The monoisotopic (exact) mass is 593 g/mol. The summed E-state index contributed by atoms with van der Waals surface area (Å²) in [4.78, 5) is 43.3. The number of carbonyl (C=O) groups is 2. The number of benzene rings is 2. The summed E-state index contributed by atoms with van der Waals surface area (Å²) < 4.78 is 19.6. The highest BCUT2D eigenvalue weighted by Crippen LogP contribution is 2.45. The minimum Gasteiger partial charge on any atom is -0.489 e. The molecule has 2 aromatic carbocycles. The summed E-state index contributed by atoms with van der Waals surface area (Å²) in [7, 11) is 0. The van der Waals surface area contributed by atoms with Crippen LogP contribution in [0, 0.1) is 5.82 Å². The van der Waals surface area contributed by atoms with E-state index in [0.717, 1.165) is 0 Å². The molecule has 4 heterocycles. The first-order valence-corrected chi connectivity index (χ1v) is 13.7. The van der Waals surface area contributed by atoms with Crippen LogP contribution in [0.25, 0.3) is 22.2 Å². The Kier molecular flexibility index (Phi) is 7.14. The highest BCUT2D eigenvalue weighted by atomic mass is 19.1. The number of halogens is 1. The number of amides is 2. The number of fused-ring (bicyclic) bond motifs is 2. The third-order valence-electron chi connectivity index (χ3n) is 7.67. The molecule has 2 amide bonds. The molecular formula is C32H28FN7O4.